The van der Waals surface area contributed by atoms with Crippen LogP contribution in [0.3, 0.4) is 0 Å². The van der Waals surface area contributed by atoms with Crippen molar-refractivity contribution in [2.24, 2.45) is 17.8 Å². The fraction of sp³-hybridized carbons (Fsp3) is 0.556. The minimum Gasteiger partial charge on any atom is -0.467 e. The van der Waals surface area contributed by atoms with Crippen molar-refractivity contribution >= 4 is 12.1 Å². The second kappa shape index (κ2) is 7.66. The van der Waals surface area contributed by atoms with Gasteiger partial charge in [0.1, 0.15) is 12.6 Å². The second-order valence-corrected chi connectivity index (χ2v) is 6.42. The van der Waals surface area contributed by atoms with Gasteiger partial charge in [0.25, 0.3) is 0 Å². The molecule has 3 atom stereocenters. The summed E-state index contributed by atoms with van der Waals surface area (Å²) in [5, 5.41) is 2.72. The van der Waals surface area contributed by atoms with Crippen LogP contribution in [0.2, 0.25) is 0 Å². The lowest BCUT2D eigenvalue weighted by atomic mass is 9.82. The number of amides is 1. The van der Waals surface area contributed by atoms with E-state index in [-0.39, 0.29) is 24.4 Å². The summed E-state index contributed by atoms with van der Waals surface area (Å²) in [6.45, 7) is 1.44. The van der Waals surface area contributed by atoms with Crippen LogP contribution in [0.4, 0.5) is 4.79 Å². The number of carbonyl (C=O) groups excluding carboxylic acids is 2. The van der Waals surface area contributed by atoms with Gasteiger partial charge in [-0.1, -0.05) is 30.3 Å². The van der Waals surface area contributed by atoms with Crippen LogP contribution in [0.25, 0.3) is 0 Å². The smallest absolute Gasteiger partial charge is 0.408 e. The van der Waals surface area contributed by atoms with Gasteiger partial charge in [-0.3, -0.25) is 0 Å². The Kier molecular flexibility index (Phi) is 5.35. The number of hydrogen-bond donors (Lipinski definition) is 1. The molecule has 2 fully saturated rings. The lowest BCUT2D eigenvalue weighted by Gasteiger charge is -2.34. The van der Waals surface area contributed by atoms with Crippen LogP contribution in [0.5, 0.6) is 0 Å². The monoisotopic (exact) mass is 333 g/mol. The van der Waals surface area contributed by atoms with Crippen molar-refractivity contribution in [2.45, 2.75) is 25.5 Å². The fourth-order valence-electron chi connectivity index (χ4n) is 3.83. The van der Waals surface area contributed by atoms with Crippen LogP contribution >= 0.6 is 0 Å². The van der Waals surface area contributed by atoms with Gasteiger partial charge in [-0.05, 0) is 30.2 Å². The van der Waals surface area contributed by atoms with Crippen LogP contribution in [0.15, 0.2) is 30.3 Å². The van der Waals surface area contributed by atoms with E-state index in [1.807, 2.05) is 30.3 Å². The van der Waals surface area contributed by atoms with Crippen LogP contribution in [-0.2, 0) is 25.6 Å². The molecule has 1 aromatic rings. The lowest BCUT2D eigenvalue weighted by molar-refractivity contribution is -0.147. The molecule has 2 aliphatic rings. The molecule has 0 radical (unpaired) electrons. The quantitative estimate of drug-likeness (QED) is 0.836. The van der Waals surface area contributed by atoms with E-state index < -0.39 is 18.1 Å². The van der Waals surface area contributed by atoms with E-state index in [1.165, 1.54) is 7.11 Å². The van der Waals surface area contributed by atoms with Crippen molar-refractivity contribution in [3.05, 3.63) is 35.9 Å². The molecule has 24 heavy (non-hydrogen) atoms. The number of rotatable bonds is 5. The molecule has 0 spiro atoms. The zero-order valence-corrected chi connectivity index (χ0v) is 13.8. The molecule has 1 aliphatic heterocycles. The van der Waals surface area contributed by atoms with Crippen LogP contribution in [0, 0.1) is 17.8 Å². The summed E-state index contributed by atoms with van der Waals surface area (Å²) >= 11 is 0. The zero-order chi connectivity index (χ0) is 16.9. The molecule has 1 saturated heterocycles. The molecule has 3 unspecified atom stereocenters. The Balaban J connectivity index is 1.62. The van der Waals surface area contributed by atoms with Crippen molar-refractivity contribution in [1.29, 1.82) is 0 Å². The van der Waals surface area contributed by atoms with Crippen LogP contribution in [-0.4, -0.2) is 38.4 Å². The largest absolute Gasteiger partial charge is 0.467 e. The standard InChI is InChI=1S/C18H23NO5/c1-22-17(20)16(15-13-7-8-14(15)11-23-10-13)19-18(21)24-9-12-5-3-2-4-6-12/h2-6,13-16H,7-11H2,1H3,(H,19,21). The van der Waals surface area contributed by atoms with Crippen LogP contribution in [0.1, 0.15) is 18.4 Å². The summed E-state index contributed by atoms with van der Waals surface area (Å²) in [5.41, 5.74) is 0.897. The molecular weight excluding hydrogens is 310 g/mol. The Hall–Kier alpha value is -2.08. The highest BCUT2D eigenvalue weighted by Crippen LogP contribution is 2.43. The molecule has 3 rings (SSSR count). The van der Waals surface area contributed by atoms with Crippen molar-refractivity contribution in [2.75, 3.05) is 20.3 Å². The van der Waals surface area contributed by atoms with Gasteiger partial charge >= 0.3 is 12.1 Å². The summed E-state index contributed by atoms with van der Waals surface area (Å²) in [4.78, 5) is 24.4. The van der Waals surface area contributed by atoms with Crippen molar-refractivity contribution < 1.29 is 23.8 Å². The fourth-order valence-corrected chi connectivity index (χ4v) is 3.83. The molecule has 0 aromatic heterocycles. The molecule has 6 nitrogen and oxygen atoms in total. The highest BCUT2D eigenvalue weighted by atomic mass is 16.6. The van der Waals surface area contributed by atoms with E-state index in [2.05, 4.69) is 5.32 Å². The number of benzene rings is 1. The van der Waals surface area contributed by atoms with Gasteiger partial charge in [-0.25, -0.2) is 9.59 Å². The summed E-state index contributed by atoms with van der Waals surface area (Å²) in [7, 11) is 1.34. The molecular formula is C18H23NO5. The molecule has 130 valence electrons. The third-order valence-corrected chi connectivity index (χ3v) is 4.99. The topological polar surface area (TPSA) is 73.9 Å². The van der Waals surface area contributed by atoms with E-state index in [1.54, 1.807) is 0 Å². The van der Waals surface area contributed by atoms with Gasteiger partial charge in [-0.2, -0.15) is 0 Å². The summed E-state index contributed by atoms with van der Waals surface area (Å²) in [5.74, 6) is 0.190. The Morgan fingerprint density at radius 1 is 1.21 bits per heavy atom. The maximum atomic E-state index is 12.2. The molecule has 1 aromatic carbocycles. The van der Waals surface area contributed by atoms with Gasteiger partial charge in [0.15, 0.2) is 0 Å². The van der Waals surface area contributed by atoms with E-state index in [0.717, 1.165) is 18.4 Å². The maximum absolute atomic E-state index is 12.2. The molecule has 1 heterocycles. The Morgan fingerprint density at radius 3 is 2.50 bits per heavy atom. The first-order chi connectivity index (χ1) is 11.7. The number of ether oxygens (including phenoxy) is 3. The molecule has 1 aliphatic carbocycles. The van der Waals surface area contributed by atoms with Crippen molar-refractivity contribution in [1.82, 2.24) is 5.32 Å². The second-order valence-electron chi connectivity index (χ2n) is 6.42. The number of esters is 1. The number of methoxy groups -OCH3 is 1. The first kappa shape index (κ1) is 16.8. The highest BCUT2D eigenvalue weighted by molar-refractivity contribution is 5.81. The predicted octanol–water partition coefficient (Wildman–Crippen LogP) is 2.13. The summed E-state index contributed by atoms with van der Waals surface area (Å²) in [6, 6.07) is 8.74. The average molecular weight is 333 g/mol. The minimum atomic E-state index is -0.681. The predicted molar refractivity (Wildman–Crippen MR) is 86.1 cm³/mol. The highest BCUT2D eigenvalue weighted by Gasteiger charge is 2.47. The Morgan fingerprint density at radius 2 is 1.88 bits per heavy atom. The van der Waals surface area contributed by atoms with E-state index in [9.17, 15) is 9.59 Å². The summed E-state index contributed by atoms with van der Waals surface area (Å²) < 4.78 is 15.7. The SMILES string of the molecule is COC(=O)C(NC(=O)OCc1ccccc1)C1C2CCC1COC2. The van der Waals surface area contributed by atoms with E-state index >= 15 is 0 Å². The number of carbonyl (C=O) groups is 2. The number of alkyl carbamates (subject to hydrolysis) is 1. The minimum absolute atomic E-state index is 0.0514. The van der Waals surface area contributed by atoms with Gasteiger partial charge < -0.3 is 19.5 Å². The lowest BCUT2D eigenvalue weighted by Crippen LogP contribution is -2.52. The number of hydrogen-bond acceptors (Lipinski definition) is 5. The van der Waals surface area contributed by atoms with Gasteiger partial charge in [-0.15, -0.1) is 0 Å². The molecule has 2 bridgehead atoms. The third-order valence-electron chi connectivity index (χ3n) is 4.99. The van der Waals surface area contributed by atoms with E-state index in [4.69, 9.17) is 14.2 Å². The molecule has 6 heteroatoms. The first-order valence-electron chi connectivity index (χ1n) is 8.32. The van der Waals surface area contributed by atoms with Gasteiger partial charge in [0.2, 0.25) is 0 Å². The van der Waals surface area contributed by atoms with Crippen molar-refractivity contribution in [3.63, 3.8) is 0 Å². The number of fused-ring (bicyclic) bond motifs is 2. The van der Waals surface area contributed by atoms with E-state index in [0.29, 0.717) is 13.2 Å². The third kappa shape index (κ3) is 3.70. The van der Waals surface area contributed by atoms with Gasteiger partial charge in [0.05, 0.1) is 7.11 Å². The first-order valence-corrected chi connectivity index (χ1v) is 8.32. The molecule has 1 N–H and O–H groups in total. The maximum Gasteiger partial charge on any atom is 0.408 e. The molecule has 1 amide bonds. The Bertz CT molecular complexity index is 560. The molecule has 1 saturated carbocycles. The van der Waals surface area contributed by atoms with Gasteiger partial charge in [0, 0.05) is 19.1 Å². The average Bonchev–Trinajstić information content (AvgIpc) is 2.86. The van der Waals surface area contributed by atoms with Crippen molar-refractivity contribution in [3.8, 4) is 0 Å². The normalized spacial score (nSPS) is 26.5. The summed E-state index contributed by atoms with van der Waals surface area (Å²) in [6.07, 6.45) is 1.44. The zero-order valence-electron chi connectivity index (χ0n) is 13.8. The number of nitrogens with one attached hydrogen (secondary N) is 1. The van der Waals surface area contributed by atoms with Crippen LogP contribution < -0.4 is 5.32 Å². The Labute approximate surface area is 141 Å².